The van der Waals surface area contributed by atoms with Crippen molar-refractivity contribution in [2.24, 2.45) is 5.92 Å². The molecule has 0 aliphatic carbocycles. The predicted molar refractivity (Wildman–Crippen MR) is 80.4 cm³/mol. The lowest BCUT2D eigenvalue weighted by molar-refractivity contribution is -0.131. The van der Waals surface area contributed by atoms with Crippen LogP contribution in [-0.4, -0.2) is 17.7 Å². The summed E-state index contributed by atoms with van der Waals surface area (Å²) in [6, 6.07) is 5.58. The van der Waals surface area contributed by atoms with E-state index in [1.165, 1.54) is 0 Å². The van der Waals surface area contributed by atoms with Gasteiger partial charge in [-0.15, -0.1) is 0 Å². The molecule has 1 rings (SSSR count). The number of ether oxygens (including phenoxy) is 1. The molecule has 4 heteroatoms. The van der Waals surface area contributed by atoms with E-state index in [0.717, 1.165) is 29.0 Å². The fourth-order valence-corrected chi connectivity index (χ4v) is 2.27. The molecule has 0 heterocycles. The molecule has 0 aliphatic rings. The number of carboxylic acids is 1. The zero-order valence-corrected chi connectivity index (χ0v) is 12.8. The molecule has 0 aliphatic heterocycles. The van der Waals surface area contributed by atoms with Gasteiger partial charge in [-0.25, -0.2) is 4.79 Å². The highest BCUT2D eigenvalue weighted by Gasteiger charge is 2.08. The maximum absolute atomic E-state index is 10.6. The van der Waals surface area contributed by atoms with E-state index in [9.17, 15) is 4.79 Å². The molecule has 0 fully saturated rings. The second kappa shape index (κ2) is 8.00. The van der Waals surface area contributed by atoms with Gasteiger partial charge in [-0.1, -0.05) is 32.4 Å². The van der Waals surface area contributed by atoms with Gasteiger partial charge in [0.15, 0.2) is 0 Å². The number of para-hydroxylation sites is 1. The number of benzene rings is 1. The van der Waals surface area contributed by atoms with E-state index in [2.05, 4.69) is 29.8 Å². The van der Waals surface area contributed by atoms with Gasteiger partial charge in [0.2, 0.25) is 0 Å². The Labute approximate surface area is 122 Å². The Kier molecular flexibility index (Phi) is 6.64. The van der Waals surface area contributed by atoms with Crippen LogP contribution in [0.15, 0.2) is 28.7 Å². The topological polar surface area (TPSA) is 46.5 Å². The van der Waals surface area contributed by atoms with Gasteiger partial charge in [-0.05, 0) is 40.4 Å². The highest BCUT2D eigenvalue weighted by atomic mass is 79.9. The molecule has 1 unspecified atom stereocenters. The summed E-state index contributed by atoms with van der Waals surface area (Å²) in [6.07, 6.45) is 4.91. The van der Waals surface area contributed by atoms with Crippen LogP contribution in [0.5, 0.6) is 5.75 Å². The number of carbonyl (C=O) groups is 1. The largest absolute Gasteiger partial charge is 0.492 e. The first-order valence-corrected chi connectivity index (χ1v) is 7.16. The van der Waals surface area contributed by atoms with Crippen LogP contribution < -0.4 is 4.74 Å². The van der Waals surface area contributed by atoms with Crippen molar-refractivity contribution in [3.05, 3.63) is 34.3 Å². The lowest BCUT2D eigenvalue weighted by Gasteiger charge is -2.15. The summed E-state index contributed by atoms with van der Waals surface area (Å²) in [5, 5.41) is 8.68. The Balaban J connectivity index is 2.83. The summed E-state index contributed by atoms with van der Waals surface area (Å²) in [4.78, 5) is 10.6. The maximum Gasteiger partial charge on any atom is 0.328 e. The Morgan fingerprint density at radius 3 is 2.89 bits per heavy atom. The zero-order valence-electron chi connectivity index (χ0n) is 11.2. The van der Waals surface area contributed by atoms with Gasteiger partial charge in [0.05, 0.1) is 11.1 Å². The van der Waals surface area contributed by atoms with Crippen molar-refractivity contribution in [3.8, 4) is 5.75 Å². The molecule has 1 atom stereocenters. The fourth-order valence-electron chi connectivity index (χ4n) is 1.77. The molecule has 1 N–H and O–H groups in total. The van der Waals surface area contributed by atoms with E-state index in [1.54, 1.807) is 6.08 Å². The van der Waals surface area contributed by atoms with Crippen LogP contribution in [-0.2, 0) is 4.79 Å². The molecule has 0 saturated carbocycles. The van der Waals surface area contributed by atoms with Crippen LogP contribution in [0, 0.1) is 5.92 Å². The molecule has 0 spiro atoms. The van der Waals surface area contributed by atoms with E-state index in [1.807, 2.05) is 18.2 Å². The monoisotopic (exact) mass is 326 g/mol. The Hall–Kier alpha value is -1.29. The highest BCUT2D eigenvalue weighted by molar-refractivity contribution is 9.10. The molecular weight excluding hydrogens is 308 g/mol. The van der Waals surface area contributed by atoms with Crippen molar-refractivity contribution in [1.82, 2.24) is 0 Å². The second-order valence-electron chi connectivity index (χ2n) is 4.53. The van der Waals surface area contributed by atoms with Crippen LogP contribution >= 0.6 is 15.9 Å². The number of aliphatic carboxylic acids is 1. The Morgan fingerprint density at radius 2 is 2.26 bits per heavy atom. The summed E-state index contributed by atoms with van der Waals surface area (Å²) in [5.41, 5.74) is 0.764. The van der Waals surface area contributed by atoms with Crippen LogP contribution in [0.1, 0.15) is 32.3 Å². The van der Waals surface area contributed by atoms with Gasteiger partial charge in [0.25, 0.3) is 0 Å². The lowest BCUT2D eigenvalue weighted by Crippen LogP contribution is -2.09. The summed E-state index contributed by atoms with van der Waals surface area (Å²) in [5.74, 6) is 0.210. The maximum atomic E-state index is 10.6. The summed E-state index contributed by atoms with van der Waals surface area (Å²) in [7, 11) is 0. The first kappa shape index (κ1) is 15.8. The van der Waals surface area contributed by atoms with Gasteiger partial charge in [-0.2, -0.15) is 0 Å². The van der Waals surface area contributed by atoms with E-state index in [-0.39, 0.29) is 0 Å². The lowest BCUT2D eigenvalue weighted by atomic mass is 10.1. The van der Waals surface area contributed by atoms with Crippen LogP contribution in [0.4, 0.5) is 0 Å². The molecular formula is C15H19BrO3. The van der Waals surface area contributed by atoms with Crippen molar-refractivity contribution in [1.29, 1.82) is 0 Å². The normalized spacial score (nSPS) is 12.6. The average Bonchev–Trinajstić information content (AvgIpc) is 2.35. The van der Waals surface area contributed by atoms with Crippen molar-refractivity contribution in [2.75, 3.05) is 6.61 Å². The SMILES string of the molecule is CCCC(C)COc1c(Br)cccc1C=CC(=O)O. The Morgan fingerprint density at radius 1 is 1.53 bits per heavy atom. The summed E-state index contributed by atoms with van der Waals surface area (Å²) >= 11 is 3.44. The standard InChI is InChI=1S/C15H19BrO3/c1-3-5-11(2)10-19-15-12(8-9-14(17)18)6-4-7-13(15)16/h4,6-9,11H,3,5,10H2,1-2H3,(H,17,18). The van der Waals surface area contributed by atoms with E-state index < -0.39 is 5.97 Å². The van der Waals surface area contributed by atoms with Gasteiger partial charge in [0.1, 0.15) is 5.75 Å². The second-order valence-corrected chi connectivity index (χ2v) is 5.39. The number of halogens is 1. The van der Waals surface area contributed by atoms with Crippen LogP contribution in [0.2, 0.25) is 0 Å². The fraction of sp³-hybridized carbons (Fsp3) is 0.400. The number of hydrogen-bond acceptors (Lipinski definition) is 2. The van der Waals surface area contributed by atoms with Gasteiger partial charge < -0.3 is 9.84 Å². The molecule has 0 amide bonds. The highest BCUT2D eigenvalue weighted by Crippen LogP contribution is 2.30. The average molecular weight is 327 g/mol. The molecule has 0 saturated heterocycles. The molecule has 0 bridgehead atoms. The van der Waals surface area contributed by atoms with E-state index in [4.69, 9.17) is 9.84 Å². The Bertz CT molecular complexity index is 455. The molecule has 1 aromatic carbocycles. The van der Waals surface area contributed by atoms with Crippen molar-refractivity contribution in [3.63, 3.8) is 0 Å². The third kappa shape index (κ3) is 5.47. The molecule has 19 heavy (non-hydrogen) atoms. The number of rotatable bonds is 7. The minimum atomic E-state index is -0.967. The number of carboxylic acid groups (broad SMARTS) is 1. The minimum absolute atomic E-state index is 0.480. The molecule has 1 aromatic rings. The minimum Gasteiger partial charge on any atom is -0.492 e. The third-order valence-electron chi connectivity index (χ3n) is 2.70. The number of hydrogen-bond donors (Lipinski definition) is 1. The molecule has 3 nitrogen and oxygen atoms in total. The van der Waals surface area contributed by atoms with Crippen LogP contribution in [0.3, 0.4) is 0 Å². The quantitative estimate of drug-likeness (QED) is 0.757. The first-order valence-electron chi connectivity index (χ1n) is 6.37. The van der Waals surface area contributed by atoms with Gasteiger partial charge >= 0.3 is 5.97 Å². The molecule has 104 valence electrons. The summed E-state index contributed by atoms with van der Waals surface area (Å²) < 4.78 is 6.66. The van der Waals surface area contributed by atoms with Crippen molar-refractivity contribution < 1.29 is 14.6 Å². The van der Waals surface area contributed by atoms with Gasteiger partial charge in [0, 0.05) is 11.6 Å². The molecule has 0 radical (unpaired) electrons. The zero-order chi connectivity index (χ0) is 14.3. The van der Waals surface area contributed by atoms with E-state index >= 15 is 0 Å². The first-order chi connectivity index (χ1) is 9.04. The van der Waals surface area contributed by atoms with Gasteiger partial charge in [-0.3, -0.25) is 0 Å². The summed E-state index contributed by atoms with van der Waals surface area (Å²) in [6.45, 7) is 4.92. The molecule has 0 aromatic heterocycles. The predicted octanol–water partition coefficient (Wildman–Crippen LogP) is 4.36. The van der Waals surface area contributed by atoms with Crippen molar-refractivity contribution >= 4 is 28.0 Å². The smallest absolute Gasteiger partial charge is 0.328 e. The van der Waals surface area contributed by atoms with Crippen LogP contribution in [0.25, 0.3) is 6.08 Å². The van der Waals surface area contributed by atoms with E-state index in [0.29, 0.717) is 18.3 Å². The third-order valence-corrected chi connectivity index (χ3v) is 3.32. The van der Waals surface area contributed by atoms with Crippen molar-refractivity contribution in [2.45, 2.75) is 26.7 Å².